The van der Waals surface area contributed by atoms with Gasteiger partial charge in [-0.25, -0.2) is 13.2 Å². The minimum atomic E-state index is -2.37. The third kappa shape index (κ3) is 4.63. The number of benzene rings is 1. The quantitative estimate of drug-likeness (QED) is 0.724. The number of piperazine rings is 1. The van der Waals surface area contributed by atoms with Crippen LogP contribution in [0.4, 0.5) is 18.9 Å². The van der Waals surface area contributed by atoms with Gasteiger partial charge in [-0.15, -0.1) is 0 Å². The van der Waals surface area contributed by atoms with Crippen LogP contribution in [-0.2, 0) is 0 Å². The Morgan fingerprint density at radius 3 is 2.39 bits per heavy atom. The fourth-order valence-corrected chi connectivity index (χ4v) is 3.43. The summed E-state index contributed by atoms with van der Waals surface area (Å²) in [6.45, 7) is 5.84. The lowest BCUT2D eigenvalue weighted by Gasteiger charge is -2.45. The van der Waals surface area contributed by atoms with Crippen molar-refractivity contribution in [1.82, 2.24) is 4.90 Å². The van der Waals surface area contributed by atoms with Gasteiger partial charge in [-0.1, -0.05) is 26.7 Å². The molecule has 1 aliphatic rings. The second kappa shape index (κ2) is 8.57. The highest BCUT2D eigenvalue weighted by atomic mass is 19.3. The highest BCUT2D eigenvalue weighted by Gasteiger charge is 2.36. The van der Waals surface area contributed by atoms with Crippen molar-refractivity contribution in [2.75, 3.05) is 24.5 Å². The Morgan fingerprint density at radius 2 is 1.83 bits per heavy atom. The van der Waals surface area contributed by atoms with E-state index in [-0.39, 0.29) is 11.9 Å². The van der Waals surface area contributed by atoms with Crippen molar-refractivity contribution in [3.63, 3.8) is 0 Å². The van der Waals surface area contributed by atoms with Gasteiger partial charge in [-0.05, 0) is 37.1 Å². The van der Waals surface area contributed by atoms with E-state index in [1.165, 1.54) is 12.1 Å². The summed E-state index contributed by atoms with van der Waals surface area (Å²) in [5, 5.41) is 0. The fourth-order valence-electron chi connectivity index (χ4n) is 3.43. The summed E-state index contributed by atoms with van der Waals surface area (Å²) in [4.78, 5) is 3.94. The predicted molar refractivity (Wildman–Crippen MR) is 88.7 cm³/mol. The maximum absolute atomic E-state index is 13.6. The standard InChI is InChI=1S/C18H27F3N2/c1-3-5-6-15(4-2)23-12-11-22(13-17(23)18(20)21)16-9-7-14(19)8-10-16/h7-10,15,17-18H,3-6,11-13H2,1-2H3. The maximum Gasteiger partial charge on any atom is 0.255 e. The zero-order valence-corrected chi connectivity index (χ0v) is 14.0. The molecule has 0 amide bonds. The Bertz CT molecular complexity index is 464. The van der Waals surface area contributed by atoms with Crippen LogP contribution < -0.4 is 4.90 Å². The first-order valence-corrected chi connectivity index (χ1v) is 8.61. The highest BCUT2D eigenvalue weighted by Crippen LogP contribution is 2.26. The summed E-state index contributed by atoms with van der Waals surface area (Å²) >= 11 is 0. The molecule has 1 aliphatic heterocycles. The lowest BCUT2D eigenvalue weighted by Crippen LogP contribution is -2.59. The second-order valence-electron chi connectivity index (χ2n) is 6.27. The monoisotopic (exact) mass is 328 g/mol. The molecule has 5 heteroatoms. The third-order valence-electron chi connectivity index (χ3n) is 4.78. The van der Waals surface area contributed by atoms with E-state index in [4.69, 9.17) is 0 Å². The van der Waals surface area contributed by atoms with E-state index in [0.717, 1.165) is 31.4 Å². The van der Waals surface area contributed by atoms with Crippen LogP contribution >= 0.6 is 0 Å². The number of halogens is 3. The van der Waals surface area contributed by atoms with Crippen LogP contribution in [0.2, 0.25) is 0 Å². The molecule has 2 unspecified atom stereocenters. The number of unbranched alkanes of at least 4 members (excludes halogenated alkanes) is 1. The molecule has 1 saturated heterocycles. The second-order valence-corrected chi connectivity index (χ2v) is 6.27. The first-order chi connectivity index (χ1) is 11.1. The van der Waals surface area contributed by atoms with Crippen LogP contribution in [0.5, 0.6) is 0 Å². The Labute approximate surface area is 137 Å². The van der Waals surface area contributed by atoms with E-state index in [9.17, 15) is 13.2 Å². The number of hydrogen-bond acceptors (Lipinski definition) is 2. The average molecular weight is 328 g/mol. The molecule has 1 heterocycles. The molecule has 0 saturated carbocycles. The fraction of sp³-hybridized carbons (Fsp3) is 0.667. The molecule has 0 spiro atoms. The van der Waals surface area contributed by atoms with Crippen LogP contribution in [0.1, 0.15) is 39.5 Å². The average Bonchev–Trinajstić information content (AvgIpc) is 2.56. The predicted octanol–water partition coefficient (Wildman–Crippen LogP) is 4.55. The summed E-state index contributed by atoms with van der Waals surface area (Å²) < 4.78 is 40.3. The molecule has 130 valence electrons. The van der Waals surface area contributed by atoms with Gasteiger partial charge in [0.25, 0.3) is 6.43 Å². The molecule has 1 fully saturated rings. The van der Waals surface area contributed by atoms with Gasteiger partial charge in [0, 0.05) is 31.4 Å². The van der Waals surface area contributed by atoms with E-state index in [0.29, 0.717) is 19.6 Å². The van der Waals surface area contributed by atoms with Gasteiger partial charge in [0.1, 0.15) is 5.82 Å². The minimum Gasteiger partial charge on any atom is -0.368 e. The van der Waals surface area contributed by atoms with Gasteiger partial charge in [0.05, 0.1) is 6.04 Å². The third-order valence-corrected chi connectivity index (χ3v) is 4.78. The summed E-state index contributed by atoms with van der Waals surface area (Å²) in [5.74, 6) is -0.302. The van der Waals surface area contributed by atoms with Crippen LogP contribution in [-0.4, -0.2) is 43.0 Å². The number of anilines is 1. The molecular weight excluding hydrogens is 301 g/mol. The molecule has 2 rings (SSSR count). The van der Waals surface area contributed by atoms with E-state index < -0.39 is 12.5 Å². The zero-order valence-electron chi connectivity index (χ0n) is 14.0. The first kappa shape index (κ1) is 18.1. The van der Waals surface area contributed by atoms with Gasteiger partial charge in [0.15, 0.2) is 0 Å². The van der Waals surface area contributed by atoms with Crippen molar-refractivity contribution in [2.24, 2.45) is 0 Å². The molecule has 0 radical (unpaired) electrons. The van der Waals surface area contributed by atoms with Crippen molar-refractivity contribution in [2.45, 2.75) is 58.0 Å². The normalized spacial score (nSPS) is 21.0. The van der Waals surface area contributed by atoms with E-state index in [1.807, 2.05) is 9.80 Å². The summed E-state index contributed by atoms with van der Waals surface area (Å²) in [6, 6.07) is 5.58. The molecule has 1 aromatic rings. The van der Waals surface area contributed by atoms with Crippen LogP contribution in [0.15, 0.2) is 24.3 Å². The molecular formula is C18H27F3N2. The number of hydrogen-bond donors (Lipinski definition) is 0. The summed E-state index contributed by atoms with van der Waals surface area (Å²) in [6.07, 6.45) is 1.68. The highest BCUT2D eigenvalue weighted by molar-refractivity contribution is 5.47. The van der Waals surface area contributed by atoms with Crippen molar-refractivity contribution in [3.05, 3.63) is 30.1 Å². The molecule has 2 nitrogen and oxygen atoms in total. The van der Waals surface area contributed by atoms with Gasteiger partial charge in [-0.3, -0.25) is 4.90 Å². The lowest BCUT2D eigenvalue weighted by molar-refractivity contribution is -0.00671. The first-order valence-electron chi connectivity index (χ1n) is 8.61. The molecule has 23 heavy (non-hydrogen) atoms. The van der Waals surface area contributed by atoms with Gasteiger partial charge >= 0.3 is 0 Å². The molecule has 0 N–H and O–H groups in total. The Hall–Kier alpha value is -1.23. The topological polar surface area (TPSA) is 6.48 Å². The molecule has 0 bridgehead atoms. The number of nitrogens with zero attached hydrogens (tertiary/aromatic N) is 2. The Balaban J connectivity index is 2.09. The van der Waals surface area contributed by atoms with Gasteiger partial charge in [-0.2, -0.15) is 0 Å². The van der Waals surface area contributed by atoms with Crippen LogP contribution in [0, 0.1) is 5.82 Å². The van der Waals surface area contributed by atoms with Crippen molar-refractivity contribution >= 4 is 5.69 Å². The van der Waals surface area contributed by atoms with Gasteiger partial charge < -0.3 is 4.90 Å². The maximum atomic E-state index is 13.6. The lowest BCUT2D eigenvalue weighted by atomic mass is 10.0. The number of rotatable bonds is 7. The van der Waals surface area contributed by atoms with Crippen molar-refractivity contribution < 1.29 is 13.2 Å². The smallest absolute Gasteiger partial charge is 0.255 e. The zero-order chi connectivity index (χ0) is 16.8. The molecule has 1 aromatic carbocycles. The van der Waals surface area contributed by atoms with E-state index in [2.05, 4.69) is 13.8 Å². The molecule has 0 aromatic heterocycles. The van der Waals surface area contributed by atoms with E-state index in [1.54, 1.807) is 12.1 Å². The van der Waals surface area contributed by atoms with Crippen molar-refractivity contribution in [3.8, 4) is 0 Å². The number of alkyl halides is 2. The van der Waals surface area contributed by atoms with Crippen molar-refractivity contribution in [1.29, 1.82) is 0 Å². The Morgan fingerprint density at radius 1 is 1.13 bits per heavy atom. The van der Waals surface area contributed by atoms with E-state index >= 15 is 0 Å². The van der Waals surface area contributed by atoms with Crippen LogP contribution in [0.3, 0.4) is 0 Å². The Kier molecular flexibility index (Phi) is 6.75. The summed E-state index contributed by atoms with van der Waals surface area (Å²) in [7, 11) is 0. The largest absolute Gasteiger partial charge is 0.368 e. The van der Waals surface area contributed by atoms with Crippen LogP contribution in [0.25, 0.3) is 0 Å². The molecule has 2 atom stereocenters. The minimum absolute atomic E-state index is 0.226. The molecule has 0 aliphatic carbocycles. The van der Waals surface area contributed by atoms with Gasteiger partial charge in [0.2, 0.25) is 0 Å². The SMILES string of the molecule is CCCCC(CC)N1CCN(c2ccc(F)cc2)CC1C(F)F. The summed E-state index contributed by atoms with van der Waals surface area (Å²) in [5.41, 5.74) is 0.818.